The maximum Gasteiger partial charge on any atom is 0.255 e. The first-order valence-electron chi connectivity index (χ1n) is 6.89. The summed E-state index contributed by atoms with van der Waals surface area (Å²) in [5.74, 6) is -0.0529. The van der Waals surface area contributed by atoms with Crippen molar-refractivity contribution in [2.75, 3.05) is 13.1 Å². The number of aryl methyl sites for hydroxylation is 2. The molecule has 0 fully saturated rings. The minimum absolute atomic E-state index is 0.000319. The van der Waals surface area contributed by atoms with Crippen molar-refractivity contribution in [2.24, 2.45) is 18.2 Å². The summed E-state index contributed by atoms with van der Waals surface area (Å²) in [6.07, 6.45) is 1.93. The minimum Gasteiger partial charge on any atom is -0.351 e. The van der Waals surface area contributed by atoms with Crippen LogP contribution in [0, 0.1) is 19.3 Å². The molecule has 1 rings (SSSR count). The van der Waals surface area contributed by atoms with Crippen molar-refractivity contribution in [1.82, 2.24) is 15.1 Å². The molecule has 1 aromatic heterocycles. The molecule has 0 aliphatic heterocycles. The van der Waals surface area contributed by atoms with Crippen LogP contribution in [-0.4, -0.2) is 28.8 Å². The molecule has 1 amide bonds. The molecular weight excluding hydrogens is 240 g/mol. The van der Waals surface area contributed by atoms with Crippen molar-refractivity contribution >= 4 is 5.91 Å². The van der Waals surface area contributed by atoms with Gasteiger partial charge in [-0.15, -0.1) is 0 Å². The van der Waals surface area contributed by atoms with Gasteiger partial charge in [-0.05, 0) is 38.6 Å². The summed E-state index contributed by atoms with van der Waals surface area (Å²) in [6, 6.07) is 0. The second-order valence-electron chi connectivity index (χ2n) is 5.26. The Hall–Kier alpha value is -1.36. The fraction of sp³-hybridized carbons (Fsp3) is 0.714. The van der Waals surface area contributed by atoms with E-state index in [1.165, 1.54) is 0 Å². The monoisotopic (exact) mass is 266 g/mol. The zero-order valence-electron chi connectivity index (χ0n) is 12.7. The quantitative estimate of drug-likeness (QED) is 0.820. The number of rotatable bonds is 6. The highest BCUT2D eigenvalue weighted by atomic mass is 16.1. The van der Waals surface area contributed by atoms with Crippen molar-refractivity contribution < 1.29 is 4.79 Å². The number of carbonyl (C=O) groups is 1. The van der Waals surface area contributed by atoms with Gasteiger partial charge in [0.05, 0.1) is 11.3 Å². The van der Waals surface area contributed by atoms with E-state index in [0.29, 0.717) is 18.7 Å². The van der Waals surface area contributed by atoms with E-state index >= 15 is 0 Å². The molecule has 0 atom stereocenters. The molecule has 3 N–H and O–H groups in total. The molecule has 0 bridgehead atoms. The van der Waals surface area contributed by atoms with Gasteiger partial charge in [-0.25, -0.2) is 0 Å². The van der Waals surface area contributed by atoms with Gasteiger partial charge in [-0.2, -0.15) is 5.10 Å². The van der Waals surface area contributed by atoms with E-state index in [-0.39, 0.29) is 11.3 Å². The van der Waals surface area contributed by atoms with Crippen molar-refractivity contribution in [3.63, 3.8) is 0 Å². The zero-order chi connectivity index (χ0) is 14.6. The summed E-state index contributed by atoms with van der Waals surface area (Å²) in [6.45, 7) is 9.20. The van der Waals surface area contributed by atoms with Crippen LogP contribution in [0.3, 0.4) is 0 Å². The molecule has 0 saturated carbocycles. The lowest BCUT2D eigenvalue weighted by Gasteiger charge is -2.30. The van der Waals surface area contributed by atoms with Crippen LogP contribution in [0.25, 0.3) is 0 Å². The summed E-state index contributed by atoms with van der Waals surface area (Å²) in [5, 5.41) is 7.28. The Kier molecular flexibility index (Phi) is 5.11. The average Bonchev–Trinajstić information content (AvgIpc) is 2.65. The lowest BCUT2D eigenvalue weighted by atomic mass is 9.82. The summed E-state index contributed by atoms with van der Waals surface area (Å²) >= 11 is 0. The van der Waals surface area contributed by atoms with Crippen molar-refractivity contribution in [2.45, 2.75) is 40.5 Å². The second kappa shape index (κ2) is 6.19. The number of nitrogens with zero attached hydrogens (tertiary/aromatic N) is 2. The number of carbonyl (C=O) groups excluding carboxylic acids is 1. The third-order valence-electron chi connectivity index (χ3n) is 4.29. The van der Waals surface area contributed by atoms with Crippen molar-refractivity contribution in [1.29, 1.82) is 0 Å². The summed E-state index contributed by atoms with van der Waals surface area (Å²) in [5.41, 5.74) is 8.19. The largest absolute Gasteiger partial charge is 0.351 e. The lowest BCUT2D eigenvalue weighted by Crippen LogP contribution is -2.42. The van der Waals surface area contributed by atoms with Gasteiger partial charge < -0.3 is 11.1 Å². The van der Waals surface area contributed by atoms with E-state index in [2.05, 4.69) is 24.3 Å². The Morgan fingerprint density at radius 2 is 1.95 bits per heavy atom. The van der Waals surface area contributed by atoms with E-state index in [1.807, 2.05) is 20.9 Å². The molecule has 5 nitrogen and oxygen atoms in total. The van der Waals surface area contributed by atoms with Crippen LogP contribution in [0.15, 0.2) is 0 Å². The van der Waals surface area contributed by atoms with Crippen LogP contribution in [0.1, 0.15) is 48.4 Å². The topological polar surface area (TPSA) is 72.9 Å². The standard InChI is InChI=1S/C14H26N4O/c1-6-14(7-2,8-15)9-16-13(19)12-10(3)17-18(5)11(12)4/h6-9,15H2,1-5H3,(H,16,19). The summed E-state index contributed by atoms with van der Waals surface area (Å²) in [4.78, 5) is 12.3. The molecule has 0 spiro atoms. The molecule has 0 radical (unpaired) electrons. The number of hydrogen-bond acceptors (Lipinski definition) is 3. The van der Waals surface area contributed by atoms with Gasteiger partial charge in [0.2, 0.25) is 0 Å². The highest BCUT2D eigenvalue weighted by molar-refractivity contribution is 5.96. The summed E-state index contributed by atoms with van der Waals surface area (Å²) < 4.78 is 1.74. The Labute approximate surface area is 115 Å². The third kappa shape index (κ3) is 3.15. The van der Waals surface area contributed by atoms with E-state index in [1.54, 1.807) is 4.68 Å². The Bertz CT molecular complexity index is 438. The maximum absolute atomic E-state index is 12.3. The highest BCUT2D eigenvalue weighted by Gasteiger charge is 2.26. The highest BCUT2D eigenvalue weighted by Crippen LogP contribution is 2.24. The molecule has 0 saturated heterocycles. The number of nitrogens with one attached hydrogen (secondary N) is 1. The van der Waals surface area contributed by atoms with Crippen LogP contribution >= 0.6 is 0 Å². The first kappa shape index (κ1) is 15.7. The molecule has 0 unspecified atom stereocenters. The van der Waals surface area contributed by atoms with E-state index in [4.69, 9.17) is 5.73 Å². The molecule has 5 heteroatoms. The number of nitrogens with two attached hydrogens (primary N) is 1. The van der Waals surface area contributed by atoms with E-state index in [9.17, 15) is 4.79 Å². The summed E-state index contributed by atoms with van der Waals surface area (Å²) in [7, 11) is 1.85. The number of amides is 1. The third-order valence-corrected chi connectivity index (χ3v) is 4.29. The van der Waals surface area contributed by atoms with Crippen molar-refractivity contribution in [3.05, 3.63) is 17.0 Å². The lowest BCUT2D eigenvalue weighted by molar-refractivity contribution is 0.0926. The van der Waals surface area contributed by atoms with Gasteiger partial charge in [0.1, 0.15) is 0 Å². The van der Waals surface area contributed by atoms with Gasteiger partial charge in [-0.1, -0.05) is 13.8 Å². The molecule has 19 heavy (non-hydrogen) atoms. The smallest absolute Gasteiger partial charge is 0.255 e. The van der Waals surface area contributed by atoms with Gasteiger partial charge >= 0.3 is 0 Å². The van der Waals surface area contributed by atoms with E-state index < -0.39 is 0 Å². The van der Waals surface area contributed by atoms with E-state index in [0.717, 1.165) is 24.2 Å². The zero-order valence-corrected chi connectivity index (χ0v) is 12.7. The van der Waals surface area contributed by atoms with Gasteiger partial charge in [0.15, 0.2) is 0 Å². The molecule has 108 valence electrons. The Morgan fingerprint density at radius 1 is 1.37 bits per heavy atom. The van der Waals surface area contributed by atoms with Crippen LogP contribution < -0.4 is 11.1 Å². The molecule has 0 aromatic carbocycles. The molecule has 1 aromatic rings. The van der Waals surface area contributed by atoms with Crippen LogP contribution in [0.2, 0.25) is 0 Å². The fourth-order valence-electron chi connectivity index (χ4n) is 2.32. The van der Waals surface area contributed by atoms with Gasteiger partial charge in [0, 0.05) is 19.3 Å². The van der Waals surface area contributed by atoms with Crippen LogP contribution in [0.5, 0.6) is 0 Å². The van der Waals surface area contributed by atoms with Gasteiger partial charge in [0.25, 0.3) is 5.91 Å². The molecule has 0 aliphatic rings. The molecular formula is C14H26N4O. The molecule has 0 aliphatic carbocycles. The second-order valence-corrected chi connectivity index (χ2v) is 5.26. The first-order chi connectivity index (χ1) is 8.90. The van der Waals surface area contributed by atoms with Crippen LogP contribution in [-0.2, 0) is 7.05 Å². The average molecular weight is 266 g/mol. The van der Waals surface area contributed by atoms with Gasteiger partial charge in [-0.3, -0.25) is 9.48 Å². The molecule has 1 heterocycles. The first-order valence-corrected chi connectivity index (χ1v) is 6.89. The fourth-order valence-corrected chi connectivity index (χ4v) is 2.32. The Balaban J connectivity index is 2.81. The van der Waals surface area contributed by atoms with Crippen LogP contribution in [0.4, 0.5) is 0 Å². The maximum atomic E-state index is 12.3. The number of hydrogen-bond donors (Lipinski definition) is 2. The number of aromatic nitrogens is 2. The Morgan fingerprint density at radius 3 is 2.32 bits per heavy atom. The normalized spacial score (nSPS) is 11.7. The SMILES string of the molecule is CCC(CC)(CN)CNC(=O)c1c(C)nn(C)c1C. The predicted molar refractivity (Wildman–Crippen MR) is 77.1 cm³/mol. The van der Waals surface area contributed by atoms with Crippen molar-refractivity contribution in [3.8, 4) is 0 Å². The predicted octanol–water partition coefficient (Wildman–Crippen LogP) is 1.53. The minimum atomic E-state index is -0.0529.